The molecule has 1 N–H and O–H groups in total. The van der Waals surface area contributed by atoms with Crippen molar-refractivity contribution in [1.82, 2.24) is 0 Å². The van der Waals surface area contributed by atoms with E-state index in [4.69, 9.17) is 5.11 Å². The largest absolute Gasteiger partial charge is 0.396 e. The van der Waals surface area contributed by atoms with Crippen LogP contribution in [-0.4, -0.2) is 17.5 Å². The fraction of sp³-hybridized carbons (Fsp3) is 0.600. The van der Waals surface area contributed by atoms with Gasteiger partial charge in [-0.15, -0.1) is 0 Å². The summed E-state index contributed by atoms with van der Waals surface area (Å²) in [5.41, 5.74) is 4.18. The van der Waals surface area contributed by atoms with E-state index in [-0.39, 0.29) is 0 Å². The zero-order valence-corrected chi connectivity index (χ0v) is 11.9. The smallest absolute Gasteiger partial charge is 0.0431 e. The van der Waals surface area contributed by atoms with Crippen molar-refractivity contribution >= 4 is 11.8 Å². The zero-order valence-electron chi connectivity index (χ0n) is 11.0. The molecule has 0 amide bonds. The number of aryl methyl sites for hydroxylation is 2. The second kappa shape index (κ2) is 8.60. The Labute approximate surface area is 110 Å². The highest BCUT2D eigenvalue weighted by Gasteiger charge is 1.97. The molecule has 0 radical (unpaired) electrons. The third-order valence-corrected chi connectivity index (χ3v) is 3.86. The number of rotatable bonds is 8. The van der Waals surface area contributed by atoms with Crippen LogP contribution in [0.1, 0.15) is 42.4 Å². The summed E-state index contributed by atoms with van der Waals surface area (Å²) in [4.78, 5) is 0. The van der Waals surface area contributed by atoms with Crippen molar-refractivity contribution < 1.29 is 5.11 Å². The standard InChI is InChI=1S/C15H24OS/c1-13-9-14(2)11-15(10-13)12-17-8-6-4-3-5-7-16/h9-11,16H,3-8,12H2,1-2H3. The van der Waals surface area contributed by atoms with Crippen LogP contribution in [-0.2, 0) is 5.75 Å². The summed E-state index contributed by atoms with van der Waals surface area (Å²) in [7, 11) is 0. The monoisotopic (exact) mass is 252 g/mol. The number of benzene rings is 1. The van der Waals surface area contributed by atoms with Crippen LogP contribution in [0, 0.1) is 13.8 Å². The molecule has 0 fully saturated rings. The first kappa shape index (κ1) is 14.6. The van der Waals surface area contributed by atoms with Gasteiger partial charge in [-0.05, 0) is 38.0 Å². The van der Waals surface area contributed by atoms with E-state index < -0.39 is 0 Å². The maximum Gasteiger partial charge on any atom is 0.0431 e. The molecule has 0 spiro atoms. The summed E-state index contributed by atoms with van der Waals surface area (Å²) in [6.07, 6.45) is 4.65. The molecule has 0 heterocycles. The molecule has 0 bridgehead atoms. The Balaban J connectivity index is 2.13. The van der Waals surface area contributed by atoms with Crippen LogP contribution in [0.5, 0.6) is 0 Å². The quantitative estimate of drug-likeness (QED) is 0.703. The van der Waals surface area contributed by atoms with E-state index >= 15 is 0 Å². The molecule has 0 aliphatic carbocycles. The van der Waals surface area contributed by atoms with E-state index in [1.807, 2.05) is 11.8 Å². The summed E-state index contributed by atoms with van der Waals surface area (Å²) in [6.45, 7) is 4.67. The Morgan fingerprint density at radius 1 is 0.941 bits per heavy atom. The Hall–Kier alpha value is -0.470. The SMILES string of the molecule is Cc1cc(C)cc(CSCCCCCCO)c1. The van der Waals surface area contributed by atoms with Gasteiger partial charge in [-0.1, -0.05) is 42.2 Å². The molecule has 0 unspecified atom stereocenters. The van der Waals surface area contributed by atoms with Gasteiger partial charge in [0.15, 0.2) is 0 Å². The van der Waals surface area contributed by atoms with Gasteiger partial charge in [0.05, 0.1) is 0 Å². The molecular formula is C15H24OS. The second-order valence-corrected chi connectivity index (χ2v) is 5.79. The Bertz CT molecular complexity index is 302. The lowest BCUT2D eigenvalue weighted by Gasteiger charge is -2.05. The van der Waals surface area contributed by atoms with Crippen molar-refractivity contribution in [2.45, 2.75) is 45.3 Å². The average molecular weight is 252 g/mol. The van der Waals surface area contributed by atoms with Crippen molar-refractivity contribution in [2.75, 3.05) is 12.4 Å². The van der Waals surface area contributed by atoms with Gasteiger partial charge in [0, 0.05) is 12.4 Å². The molecule has 0 aliphatic rings. The third-order valence-electron chi connectivity index (χ3n) is 2.75. The van der Waals surface area contributed by atoms with E-state index in [2.05, 4.69) is 32.0 Å². The van der Waals surface area contributed by atoms with Gasteiger partial charge in [0.1, 0.15) is 0 Å². The highest BCUT2D eigenvalue weighted by atomic mass is 32.2. The van der Waals surface area contributed by atoms with E-state index in [0.29, 0.717) is 6.61 Å². The van der Waals surface area contributed by atoms with Crippen molar-refractivity contribution in [3.63, 3.8) is 0 Å². The molecule has 0 aliphatic heterocycles. The van der Waals surface area contributed by atoms with Crippen molar-refractivity contribution in [3.05, 3.63) is 34.9 Å². The molecule has 0 saturated carbocycles. The first-order valence-electron chi connectivity index (χ1n) is 6.48. The number of thioether (sulfide) groups is 1. The lowest BCUT2D eigenvalue weighted by atomic mass is 10.1. The van der Waals surface area contributed by atoms with Gasteiger partial charge >= 0.3 is 0 Å². The predicted octanol–water partition coefficient (Wildman–Crippen LogP) is 4.09. The van der Waals surface area contributed by atoms with Crippen LogP contribution in [0.3, 0.4) is 0 Å². The van der Waals surface area contributed by atoms with Crippen LogP contribution in [0.15, 0.2) is 18.2 Å². The predicted molar refractivity (Wildman–Crippen MR) is 77.6 cm³/mol. The van der Waals surface area contributed by atoms with Crippen molar-refractivity contribution in [3.8, 4) is 0 Å². The van der Waals surface area contributed by atoms with E-state index in [9.17, 15) is 0 Å². The summed E-state index contributed by atoms with van der Waals surface area (Å²) in [5, 5.41) is 8.66. The molecule has 17 heavy (non-hydrogen) atoms. The van der Waals surface area contributed by atoms with Gasteiger partial charge in [0.2, 0.25) is 0 Å². The van der Waals surface area contributed by atoms with Gasteiger partial charge in [0.25, 0.3) is 0 Å². The number of aliphatic hydroxyl groups is 1. The molecule has 2 heteroatoms. The fourth-order valence-corrected chi connectivity index (χ4v) is 2.97. The Morgan fingerprint density at radius 3 is 2.24 bits per heavy atom. The third kappa shape index (κ3) is 6.75. The average Bonchev–Trinajstić information content (AvgIpc) is 2.26. The molecule has 1 rings (SSSR count). The highest BCUT2D eigenvalue weighted by molar-refractivity contribution is 7.98. The summed E-state index contributed by atoms with van der Waals surface area (Å²) < 4.78 is 0. The van der Waals surface area contributed by atoms with Crippen LogP contribution >= 0.6 is 11.8 Å². The minimum absolute atomic E-state index is 0.343. The summed E-state index contributed by atoms with van der Waals surface area (Å²) in [6, 6.07) is 6.79. The minimum Gasteiger partial charge on any atom is -0.396 e. The maximum absolute atomic E-state index is 8.66. The fourth-order valence-electron chi connectivity index (χ4n) is 2.01. The molecule has 1 nitrogen and oxygen atoms in total. The topological polar surface area (TPSA) is 20.2 Å². The number of unbranched alkanes of at least 4 members (excludes halogenated alkanes) is 3. The van der Waals surface area contributed by atoms with E-state index in [1.165, 1.54) is 41.7 Å². The normalized spacial score (nSPS) is 10.8. The molecule has 0 saturated heterocycles. The zero-order chi connectivity index (χ0) is 12.5. The van der Waals surface area contributed by atoms with Crippen molar-refractivity contribution in [2.24, 2.45) is 0 Å². The Kier molecular flexibility index (Phi) is 7.38. The molecular weight excluding hydrogens is 228 g/mol. The Morgan fingerprint density at radius 2 is 1.59 bits per heavy atom. The molecule has 0 atom stereocenters. The lowest BCUT2D eigenvalue weighted by molar-refractivity contribution is 0.283. The first-order chi connectivity index (χ1) is 8.22. The van der Waals surface area contributed by atoms with Crippen LogP contribution in [0.2, 0.25) is 0 Å². The number of hydrogen-bond donors (Lipinski definition) is 1. The molecule has 96 valence electrons. The van der Waals surface area contributed by atoms with E-state index in [1.54, 1.807) is 0 Å². The molecule has 1 aromatic carbocycles. The number of aliphatic hydroxyl groups excluding tert-OH is 1. The van der Waals surface area contributed by atoms with Gasteiger partial charge in [-0.25, -0.2) is 0 Å². The first-order valence-corrected chi connectivity index (χ1v) is 7.63. The number of hydrogen-bond acceptors (Lipinski definition) is 2. The van der Waals surface area contributed by atoms with E-state index in [0.717, 1.165) is 12.2 Å². The molecule has 1 aromatic rings. The maximum atomic E-state index is 8.66. The van der Waals surface area contributed by atoms with Gasteiger partial charge in [-0.3, -0.25) is 0 Å². The van der Waals surface area contributed by atoms with Gasteiger partial charge in [-0.2, -0.15) is 11.8 Å². The minimum atomic E-state index is 0.343. The second-order valence-electron chi connectivity index (χ2n) is 4.69. The summed E-state index contributed by atoms with van der Waals surface area (Å²) in [5.74, 6) is 2.36. The van der Waals surface area contributed by atoms with Crippen LogP contribution in [0.25, 0.3) is 0 Å². The van der Waals surface area contributed by atoms with Gasteiger partial charge < -0.3 is 5.11 Å². The summed E-state index contributed by atoms with van der Waals surface area (Å²) >= 11 is 2.02. The lowest BCUT2D eigenvalue weighted by Crippen LogP contribution is -1.88. The van der Waals surface area contributed by atoms with Crippen molar-refractivity contribution in [1.29, 1.82) is 0 Å². The molecule has 0 aromatic heterocycles. The van der Waals surface area contributed by atoms with Crippen LogP contribution in [0.4, 0.5) is 0 Å². The highest BCUT2D eigenvalue weighted by Crippen LogP contribution is 2.17. The van der Waals surface area contributed by atoms with Crippen LogP contribution < -0.4 is 0 Å².